The van der Waals surface area contributed by atoms with Crippen molar-refractivity contribution in [2.45, 2.75) is 6.42 Å². The number of methoxy groups -OCH3 is 2. The van der Waals surface area contributed by atoms with Crippen molar-refractivity contribution in [1.29, 1.82) is 0 Å². The van der Waals surface area contributed by atoms with Crippen LogP contribution in [-0.2, 0) is 9.53 Å². The van der Waals surface area contributed by atoms with Crippen LogP contribution in [0.15, 0.2) is 18.2 Å². The van der Waals surface area contributed by atoms with E-state index < -0.39 is 0 Å². The molecule has 0 aliphatic heterocycles. The van der Waals surface area contributed by atoms with Crippen molar-refractivity contribution in [2.24, 2.45) is 0 Å². The highest BCUT2D eigenvalue weighted by Crippen LogP contribution is 2.26. The van der Waals surface area contributed by atoms with Crippen molar-refractivity contribution >= 4 is 11.9 Å². The molecule has 0 bridgehead atoms. The molecule has 0 heterocycles. The third-order valence-electron chi connectivity index (χ3n) is 2.65. The van der Waals surface area contributed by atoms with Crippen LogP contribution in [0.25, 0.3) is 0 Å². The van der Waals surface area contributed by atoms with Crippen LogP contribution in [0.2, 0.25) is 0 Å². The van der Waals surface area contributed by atoms with Gasteiger partial charge in [-0.15, -0.1) is 0 Å². The molecule has 0 saturated carbocycles. The van der Waals surface area contributed by atoms with Crippen molar-refractivity contribution in [3.05, 3.63) is 23.8 Å². The molecule has 1 aromatic rings. The van der Waals surface area contributed by atoms with Crippen molar-refractivity contribution < 1.29 is 24.2 Å². The number of phenolic OH excluding ortho intramolecular Hbond substituents is 1. The molecule has 104 valence electrons. The lowest BCUT2D eigenvalue weighted by Gasteiger charge is -2.16. The number of nitrogens with zero attached hydrogens (tertiary/aromatic N) is 1. The number of rotatable bonds is 5. The van der Waals surface area contributed by atoms with Gasteiger partial charge in [-0.1, -0.05) is 0 Å². The number of ether oxygens (including phenoxy) is 2. The van der Waals surface area contributed by atoms with Crippen molar-refractivity contribution in [1.82, 2.24) is 4.90 Å². The maximum absolute atomic E-state index is 12.0. The minimum Gasteiger partial charge on any atom is -0.504 e. The van der Waals surface area contributed by atoms with Gasteiger partial charge in [0.2, 0.25) is 0 Å². The number of benzene rings is 1. The number of hydrogen-bond acceptors (Lipinski definition) is 5. The van der Waals surface area contributed by atoms with Crippen LogP contribution in [0.1, 0.15) is 16.8 Å². The van der Waals surface area contributed by atoms with Gasteiger partial charge in [0.1, 0.15) is 0 Å². The molecule has 6 heteroatoms. The number of amides is 1. The SMILES string of the molecule is COC(=O)CCN(C)C(=O)c1ccc(OC)c(O)c1. The Morgan fingerprint density at radius 2 is 2.00 bits per heavy atom. The molecule has 0 saturated heterocycles. The first-order valence-electron chi connectivity index (χ1n) is 5.69. The smallest absolute Gasteiger partial charge is 0.307 e. The number of carbonyl (C=O) groups is 2. The summed E-state index contributed by atoms with van der Waals surface area (Å²) in [6, 6.07) is 4.39. The second-order valence-electron chi connectivity index (χ2n) is 3.94. The molecule has 0 unspecified atom stereocenters. The number of aromatic hydroxyl groups is 1. The fourth-order valence-electron chi connectivity index (χ4n) is 1.51. The lowest BCUT2D eigenvalue weighted by atomic mass is 10.1. The van der Waals surface area contributed by atoms with E-state index in [9.17, 15) is 14.7 Å². The highest BCUT2D eigenvalue weighted by atomic mass is 16.5. The van der Waals surface area contributed by atoms with E-state index in [1.807, 2.05) is 0 Å². The lowest BCUT2D eigenvalue weighted by molar-refractivity contribution is -0.140. The van der Waals surface area contributed by atoms with Gasteiger partial charge >= 0.3 is 5.97 Å². The molecular weight excluding hydrogens is 250 g/mol. The minimum absolute atomic E-state index is 0.102. The largest absolute Gasteiger partial charge is 0.504 e. The molecule has 0 aliphatic rings. The van der Waals surface area contributed by atoms with Crippen LogP contribution >= 0.6 is 0 Å². The third-order valence-corrected chi connectivity index (χ3v) is 2.65. The Hall–Kier alpha value is -2.24. The molecule has 0 radical (unpaired) electrons. The molecule has 0 atom stereocenters. The van der Waals surface area contributed by atoms with Gasteiger partial charge in [-0.05, 0) is 18.2 Å². The summed E-state index contributed by atoms with van der Waals surface area (Å²) < 4.78 is 9.40. The van der Waals surface area contributed by atoms with E-state index in [0.717, 1.165) is 0 Å². The molecule has 1 aromatic carbocycles. The van der Waals surface area contributed by atoms with Gasteiger partial charge in [0.25, 0.3) is 5.91 Å². The van der Waals surface area contributed by atoms with Gasteiger partial charge in [0.15, 0.2) is 11.5 Å². The fourth-order valence-corrected chi connectivity index (χ4v) is 1.51. The quantitative estimate of drug-likeness (QED) is 0.806. The van der Waals surface area contributed by atoms with Crippen LogP contribution in [0, 0.1) is 0 Å². The van der Waals surface area contributed by atoms with E-state index in [4.69, 9.17) is 4.74 Å². The first-order valence-corrected chi connectivity index (χ1v) is 5.69. The van der Waals surface area contributed by atoms with Gasteiger partial charge in [-0.2, -0.15) is 0 Å². The zero-order valence-electron chi connectivity index (χ0n) is 11.2. The van der Waals surface area contributed by atoms with Gasteiger partial charge in [-0.25, -0.2) is 0 Å². The highest BCUT2D eigenvalue weighted by molar-refractivity contribution is 5.94. The molecule has 19 heavy (non-hydrogen) atoms. The Labute approximate surface area is 111 Å². The topological polar surface area (TPSA) is 76.1 Å². The van der Waals surface area contributed by atoms with E-state index in [0.29, 0.717) is 11.3 Å². The Kier molecular flexibility index (Phi) is 5.17. The van der Waals surface area contributed by atoms with Gasteiger partial charge in [0, 0.05) is 19.2 Å². The summed E-state index contributed by atoms with van der Waals surface area (Å²) in [6.07, 6.45) is 0.126. The fraction of sp³-hybridized carbons (Fsp3) is 0.385. The van der Waals surface area contributed by atoms with Crippen LogP contribution < -0.4 is 4.74 Å². The number of esters is 1. The van der Waals surface area contributed by atoms with E-state index in [1.54, 1.807) is 13.1 Å². The van der Waals surface area contributed by atoms with Crippen LogP contribution in [0.4, 0.5) is 0 Å². The molecule has 0 spiro atoms. The van der Waals surface area contributed by atoms with E-state index in [2.05, 4.69) is 4.74 Å². The summed E-state index contributed by atoms with van der Waals surface area (Å²) in [5, 5.41) is 9.61. The highest BCUT2D eigenvalue weighted by Gasteiger charge is 2.15. The minimum atomic E-state index is -0.378. The summed E-state index contributed by atoms with van der Waals surface area (Å²) >= 11 is 0. The van der Waals surface area contributed by atoms with E-state index >= 15 is 0 Å². The molecule has 0 fully saturated rings. The molecule has 1 N–H and O–H groups in total. The van der Waals surface area contributed by atoms with Gasteiger partial charge in [0.05, 0.1) is 20.6 Å². The molecule has 0 aliphatic carbocycles. The summed E-state index contributed by atoms with van der Waals surface area (Å²) in [4.78, 5) is 24.4. The van der Waals surface area contributed by atoms with Crippen LogP contribution in [0.5, 0.6) is 11.5 Å². The summed E-state index contributed by atoms with van der Waals surface area (Å²) in [5.74, 6) is -0.470. The first kappa shape index (κ1) is 14.8. The van der Waals surface area contributed by atoms with Crippen molar-refractivity contribution in [3.8, 4) is 11.5 Å². The maximum Gasteiger partial charge on any atom is 0.307 e. The maximum atomic E-state index is 12.0. The average molecular weight is 267 g/mol. The Morgan fingerprint density at radius 1 is 1.32 bits per heavy atom. The van der Waals surface area contributed by atoms with Crippen LogP contribution in [-0.4, -0.2) is 49.7 Å². The Morgan fingerprint density at radius 3 is 2.53 bits per heavy atom. The Balaban J connectivity index is 2.71. The Bertz CT molecular complexity index is 472. The van der Waals surface area contributed by atoms with Crippen LogP contribution in [0.3, 0.4) is 0 Å². The average Bonchev–Trinajstić information content (AvgIpc) is 2.43. The normalized spacial score (nSPS) is 9.84. The first-order chi connectivity index (χ1) is 8.99. The molecular formula is C13H17NO5. The van der Waals surface area contributed by atoms with E-state index in [-0.39, 0.29) is 30.6 Å². The number of phenols is 1. The summed E-state index contributed by atoms with van der Waals surface area (Å²) in [6.45, 7) is 0.248. The molecule has 6 nitrogen and oxygen atoms in total. The predicted octanol–water partition coefficient (Wildman–Crippen LogP) is 1.04. The van der Waals surface area contributed by atoms with Crippen molar-refractivity contribution in [2.75, 3.05) is 27.8 Å². The molecule has 1 rings (SSSR count). The van der Waals surface area contributed by atoms with Gasteiger partial charge < -0.3 is 19.5 Å². The molecule has 0 aromatic heterocycles. The monoisotopic (exact) mass is 267 g/mol. The summed E-state index contributed by atoms with van der Waals surface area (Å²) in [5.41, 5.74) is 0.325. The van der Waals surface area contributed by atoms with E-state index in [1.165, 1.54) is 31.3 Å². The van der Waals surface area contributed by atoms with Crippen molar-refractivity contribution in [3.63, 3.8) is 0 Å². The number of carbonyl (C=O) groups excluding carboxylic acids is 2. The lowest BCUT2D eigenvalue weighted by Crippen LogP contribution is -2.29. The standard InChI is InChI=1S/C13H17NO5/c1-14(7-6-12(16)19-3)13(17)9-4-5-11(18-2)10(15)8-9/h4-5,8,15H,6-7H2,1-3H3. The predicted molar refractivity (Wildman–Crippen MR) is 68.3 cm³/mol. The zero-order chi connectivity index (χ0) is 14.4. The second-order valence-corrected chi connectivity index (χ2v) is 3.94. The number of hydrogen-bond donors (Lipinski definition) is 1. The van der Waals surface area contributed by atoms with Gasteiger partial charge in [-0.3, -0.25) is 9.59 Å². The third kappa shape index (κ3) is 3.87. The zero-order valence-corrected chi connectivity index (χ0v) is 11.2. The second kappa shape index (κ2) is 6.63. The summed E-state index contributed by atoms with van der Waals surface area (Å²) in [7, 11) is 4.30. The molecule has 1 amide bonds.